The highest BCUT2D eigenvalue weighted by Gasteiger charge is 2.29. The molecule has 0 saturated carbocycles. The highest BCUT2D eigenvalue weighted by Crippen LogP contribution is 2.28. The van der Waals surface area contributed by atoms with E-state index < -0.39 is 0 Å². The van der Waals surface area contributed by atoms with Crippen LogP contribution in [0.5, 0.6) is 0 Å². The second kappa shape index (κ2) is 8.13. The van der Waals surface area contributed by atoms with Crippen molar-refractivity contribution in [3.63, 3.8) is 0 Å². The third-order valence-corrected chi connectivity index (χ3v) is 4.72. The van der Waals surface area contributed by atoms with Gasteiger partial charge in [0.2, 0.25) is 0 Å². The minimum Gasteiger partial charge on any atom is -0.270 e. The summed E-state index contributed by atoms with van der Waals surface area (Å²) in [5.74, 6) is -0.566. The summed E-state index contributed by atoms with van der Waals surface area (Å²) >= 11 is 0. The largest absolute Gasteiger partial charge is 0.280 e. The molecule has 3 aromatic rings. The van der Waals surface area contributed by atoms with Gasteiger partial charge in [0.1, 0.15) is 5.82 Å². The van der Waals surface area contributed by atoms with Gasteiger partial charge in [-0.3, -0.25) is 9.48 Å². The third kappa shape index (κ3) is 3.76. The van der Waals surface area contributed by atoms with E-state index in [0.29, 0.717) is 41.2 Å². The summed E-state index contributed by atoms with van der Waals surface area (Å²) in [7, 11) is 0. The molecule has 1 amide bonds. The molecular formula is C23H18FN5O. The van der Waals surface area contributed by atoms with Crippen molar-refractivity contribution in [1.29, 1.82) is 5.26 Å². The van der Waals surface area contributed by atoms with Crippen LogP contribution in [0.3, 0.4) is 0 Å². The van der Waals surface area contributed by atoms with Crippen LogP contribution in [0.15, 0.2) is 71.5 Å². The number of rotatable bonds is 5. The van der Waals surface area contributed by atoms with Gasteiger partial charge in [0.25, 0.3) is 5.91 Å². The first-order valence-electron chi connectivity index (χ1n) is 9.44. The standard InChI is InChI=1S/C23H18FN5O/c1-16-21(23(30)29(26-16)20-6-3-2-4-7-20)14-18-15-28(13-5-12-25)27-22(18)17-8-10-19(24)11-9-17/h2-4,6-11,14-15H,5,13H2,1H3/b21-14+. The van der Waals surface area contributed by atoms with Crippen molar-refractivity contribution in [2.24, 2.45) is 5.10 Å². The Hall–Kier alpha value is -4.05. The lowest BCUT2D eigenvalue weighted by Crippen LogP contribution is -2.21. The molecule has 1 aromatic heterocycles. The zero-order valence-electron chi connectivity index (χ0n) is 16.3. The van der Waals surface area contributed by atoms with E-state index in [0.717, 1.165) is 5.56 Å². The number of hydrogen-bond acceptors (Lipinski definition) is 4. The molecule has 30 heavy (non-hydrogen) atoms. The Morgan fingerprint density at radius 1 is 1.13 bits per heavy atom. The molecule has 0 aliphatic carbocycles. The highest BCUT2D eigenvalue weighted by molar-refractivity contribution is 6.32. The topological polar surface area (TPSA) is 74.3 Å². The first-order valence-corrected chi connectivity index (χ1v) is 9.44. The van der Waals surface area contributed by atoms with E-state index in [1.54, 1.807) is 36.0 Å². The smallest absolute Gasteiger partial charge is 0.270 e. The number of nitrogens with zero attached hydrogens (tertiary/aromatic N) is 5. The Bertz CT molecular complexity index is 1190. The summed E-state index contributed by atoms with van der Waals surface area (Å²) in [6.45, 7) is 2.20. The average Bonchev–Trinajstić information content (AvgIpc) is 3.29. The van der Waals surface area contributed by atoms with Crippen LogP contribution in [0.4, 0.5) is 10.1 Å². The van der Waals surface area contributed by atoms with Crippen molar-refractivity contribution in [3.8, 4) is 17.3 Å². The first kappa shape index (κ1) is 19.3. The molecule has 0 fully saturated rings. The summed E-state index contributed by atoms with van der Waals surface area (Å²) in [6, 6.07) is 17.3. The van der Waals surface area contributed by atoms with Crippen LogP contribution in [0.2, 0.25) is 0 Å². The number of aromatic nitrogens is 2. The Labute approximate surface area is 173 Å². The number of nitriles is 1. The zero-order chi connectivity index (χ0) is 21.1. The fourth-order valence-corrected chi connectivity index (χ4v) is 3.24. The van der Waals surface area contributed by atoms with E-state index in [2.05, 4.69) is 16.3 Å². The molecular weight excluding hydrogens is 381 g/mol. The van der Waals surface area contributed by atoms with Crippen molar-refractivity contribution in [2.45, 2.75) is 19.9 Å². The number of benzene rings is 2. The zero-order valence-corrected chi connectivity index (χ0v) is 16.3. The molecule has 4 rings (SSSR count). The second-order valence-electron chi connectivity index (χ2n) is 6.81. The van der Waals surface area contributed by atoms with E-state index in [1.165, 1.54) is 17.1 Å². The Morgan fingerprint density at radius 3 is 2.57 bits per heavy atom. The molecule has 0 radical (unpaired) electrons. The number of anilines is 1. The SMILES string of the molecule is CC1=NN(c2ccccc2)C(=O)/C1=C/c1cn(CCC#N)nc1-c1ccc(F)cc1. The molecule has 1 aliphatic heterocycles. The molecule has 7 heteroatoms. The predicted molar refractivity (Wildman–Crippen MR) is 113 cm³/mol. The summed E-state index contributed by atoms with van der Waals surface area (Å²) in [5, 5.41) is 19.2. The van der Waals surface area contributed by atoms with Crippen molar-refractivity contribution >= 4 is 23.4 Å². The lowest BCUT2D eigenvalue weighted by molar-refractivity contribution is -0.114. The third-order valence-electron chi connectivity index (χ3n) is 4.72. The van der Waals surface area contributed by atoms with Crippen LogP contribution in [0, 0.1) is 17.1 Å². The second-order valence-corrected chi connectivity index (χ2v) is 6.81. The molecule has 0 saturated heterocycles. The number of para-hydroxylation sites is 1. The van der Waals surface area contributed by atoms with Gasteiger partial charge in [0.15, 0.2) is 0 Å². The molecule has 2 aromatic carbocycles. The number of amides is 1. The summed E-state index contributed by atoms with van der Waals surface area (Å²) < 4.78 is 15.0. The van der Waals surface area contributed by atoms with Gasteiger partial charge in [-0.1, -0.05) is 18.2 Å². The van der Waals surface area contributed by atoms with E-state index in [4.69, 9.17) is 5.26 Å². The normalized spacial score (nSPS) is 14.8. The number of carbonyl (C=O) groups is 1. The average molecular weight is 399 g/mol. The van der Waals surface area contributed by atoms with E-state index in [-0.39, 0.29) is 11.7 Å². The lowest BCUT2D eigenvalue weighted by atomic mass is 10.0. The van der Waals surface area contributed by atoms with Gasteiger partial charge in [-0.05, 0) is 49.4 Å². The maximum absolute atomic E-state index is 13.4. The lowest BCUT2D eigenvalue weighted by Gasteiger charge is -2.11. The Balaban J connectivity index is 1.74. The number of carbonyl (C=O) groups excluding carboxylic acids is 1. The minimum atomic E-state index is -0.338. The van der Waals surface area contributed by atoms with E-state index in [1.807, 2.05) is 30.3 Å². The van der Waals surface area contributed by atoms with Gasteiger partial charge in [0, 0.05) is 17.3 Å². The number of halogens is 1. The molecule has 1 aliphatic rings. The van der Waals surface area contributed by atoms with Crippen LogP contribution in [0.25, 0.3) is 17.3 Å². The molecule has 0 bridgehead atoms. The maximum Gasteiger partial charge on any atom is 0.280 e. The van der Waals surface area contributed by atoms with Crippen molar-refractivity contribution < 1.29 is 9.18 Å². The maximum atomic E-state index is 13.4. The van der Waals surface area contributed by atoms with Crippen LogP contribution in [-0.2, 0) is 11.3 Å². The van der Waals surface area contributed by atoms with E-state index in [9.17, 15) is 9.18 Å². The van der Waals surface area contributed by atoms with Gasteiger partial charge < -0.3 is 0 Å². The quantitative estimate of drug-likeness (QED) is 0.597. The summed E-state index contributed by atoms with van der Waals surface area (Å²) in [5.41, 5.74) is 3.78. The fourth-order valence-electron chi connectivity index (χ4n) is 3.24. The monoisotopic (exact) mass is 399 g/mol. The van der Waals surface area contributed by atoms with Crippen molar-refractivity contribution in [1.82, 2.24) is 9.78 Å². The fraction of sp³-hybridized carbons (Fsp3) is 0.130. The van der Waals surface area contributed by atoms with Crippen LogP contribution >= 0.6 is 0 Å². The molecule has 2 heterocycles. The highest BCUT2D eigenvalue weighted by atomic mass is 19.1. The number of hydrogen-bond donors (Lipinski definition) is 0. The summed E-state index contributed by atoms with van der Waals surface area (Å²) in [4.78, 5) is 13.0. The summed E-state index contributed by atoms with van der Waals surface area (Å²) in [6.07, 6.45) is 3.84. The molecule has 0 spiro atoms. The molecule has 6 nitrogen and oxygen atoms in total. The first-order chi connectivity index (χ1) is 14.6. The number of aryl methyl sites for hydroxylation is 1. The number of hydrazone groups is 1. The minimum absolute atomic E-state index is 0.228. The van der Waals surface area contributed by atoms with Gasteiger partial charge in [-0.15, -0.1) is 0 Å². The van der Waals surface area contributed by atoms with Crippen LogP contribution in [-0.4, -0.2) is 21.4 Å². The molecule has 0 unspecified atom stereocenters. The molecule has 0 atom stereocenters. The predicted octanol–water partition coefficient (Wildman–Crippen LogP) is 4.41. The van der Waals surface area contributed by atoms with Gasteiger partial charge in [-0.25, -0.2) is 4.39 Å². The van der Waals surface area contributed by atoms with Crippen LogP contribution < -0.4 is 5.01 Å². The van der Waals surface area contributed by atoms with Gasteiger partial charge >= 0.3 is 0 Å². The van der Waals surface area contributed by atoms with Gasteiger partial charge in [-0.2, -0.15) is 20.5 Å². The Kier molecular flexibility index (Phi) is 5.22. The van der Waals surface area contributed by atoms with Crippen LogP contribution in [0.1, 0.15) is 18.9 Å². The molecule has 0 N–H and O–H groups in total. The molecule has 148 valence electrons. The van der Waals surface area contributed by atoms with Crippen molar-refractivity contribution in [2.75, 3.05) is 5.01 Å². The Morgan fingerprint density at radius 2 is 1.87 bits per heavy atom. The van der Waals surface area contributed by atoms with Crippen molar-refractivity contribution in [3.05, 3.63) is 77.7 Å². The van der Waals surface area contributed by atoms with E-state index >= 15 is 0 Å². The van der Waals surface area contributed by atoms with Gasteiger partial charge in [0.05, 0.1) is 41.7 Å².